The van der Waals surface area contributed by atoms with Crippen LogP contribution in [0.25, 0.3) is 21.9 Å². The van der Waals surface area contributed by atoms with E-state index in [0.717, 1.165) is 34.8 Å². The highest BCUT2D eigenvalue weighted by Crippen LogP contribution is 2.27. The molecule has 1 fully saturated rings. The summed E-state index contributed by atoms with van der Waals surface area (Å²) in [5.74, 6) is 0.704. The summed E-state index contributed by atoms with van der Waals surface area (Å²) in [4.78, 5) is 11.7. The summed E-state index contributed by atoms with van der Waals surface area (Å²) >= 11 is 0. The Kier molecular flexibility index (Phi) is 4.48. The van der Waals surface area contributed by atoms with Crippen molar-refractivity contribution in [1.29, 1.82) is 0 Å². The first kappa shape index (κ1) is 17.1. The number of anilines is 1. The summed E-state index contributed by atoms with van der Waals surface area (Å²) in [6.45, 7) is 4.22. The molecule has 2 aromatic heterocycles. The standard InChI is InChI=1S/C19H27N7/c1-12(2)26-18-16(23-24-26)10-5-13-11-20-19(22-17(13)18)21-14-6-8-15(9-7-14)25(3)4/h5,10-12,14-15H,6-9H2,1-4H3,(H,20,21,22)/t14-,15-. The lowest BCUT2D eigenvalue weighted by Crippen LogP contribution is -2.36. The lowest BCUT2D eigenvalue weighted by molar-refractivity contribution is 0.221. The van der Waals surface area contributed by atoms with Gasteiger partial charge in [0.1, 0.15) is 16.6 Å². The largest absolute Gasteiger partial charge is 0.351 e. The number of aromatic nitrogens is 5. The molecule has 7 nitrogen and oxygen atoms in total. The van der Waals surface area contributed by atoms with Crippen molar-refractivity contribution >= 4 is 27.9 Å². The van der Waals surface area contributed by atoms with Gasteiger partial charge in [-0.15, -0.1) is 5.10 Å². The maximum absolute atomic E-state index is 4.83. The second-order valence-corrected chi connectivity index (χ2v) is 7.81. The number of hydrogen-bond acceptors (Lipinski definition) is 6. The number of benzene rings is 1. The van der Waals surface area contributed by atoms with Crippen LogP contribution < -0.4 is 5.32 Å². The second-order valence-electron chi connectivity index (χ2n) is 7.81. The fourth-order valence-corrected chi connectivity index (χ4v) is 3.87. The van der Waals surface area contributed by atoms with Crippen LogP contribution in [-0.2, 0) is 0 Å². The van der Waals surface area contributed by atoms with Crippen molar-refractivity contribution in [1.82, 2.24) is 29.9 Å². The zero-order valence-corrected chi connectivity index (χ0v) is 16.0. The van der Waals surface area contributed by atoms with E-state index in [1.54, 1.807) is 0 Å². The maximum atomic E-state index is 4.83. The van der Waals surface area contributed by atoms with Gasteiger partial charge in [-0.25, -0.2) is 14.6 Å². The van der Waals surface area contributed by atoms with Crippen LogP contribution in [0.4, 0.5) is 5.95 Å². The summed E-state index contributed by atoms with van der Waals surface area (Å²) in [6, 6.07) is 5.37. The fourth-order valence-electron chi connectivity index (χ4n) is 3.87. The zero-order valence-electron chi connectivity index (χ0n) is 16.0. The van der Waals surface area contributed by atoms with Crippen LogP contribution in [0.5, 0.6) is 0 Å². The van der Waals surface area contributed by atoms with Gasteiger partial charge in [0.2, 0.25) is 5.95 Å². The molecule has 138 valence electrons. The molecule has 1 saturated carbocycles. The van der Waals surface area contributed by atoms with Gasteiger partial charge >= 0.3 is 0 Å². The predicted molar refractivity (Wildman–Crippen MR) is 104 cm³/mol. The second kappa shape index (κ2) is 6.79. The summed E-state index contributed by atoms with van der Waals surface area (Å²) in [5, 5.41) is 13.1. The Balaban J connectivity index is 1.63. The molecule has 0 amide bonds. The van der Waals surface area contributed by atoms with Crippen molar-refractivity contribution in [3.8, 4) is 0 Å². The van der Waals surface area contributed by atoms with Crippen LogP contribution in [0.3, 0.4) is 0 Å². The highest BCUT2D eigenvalue weighted by atomic mass is 15.4. The van der Waals surface area contributed by atoms with E-state index in [1.165, 1.54) is 12.8 Å². The molecular weight excluding hydrogens is 326 g/mol. The molecule has 26 heavy (non-hydrogen) atoms. The monoisotopic (exact) mass is 353 g/mol. The topological polar surface area (TPSA) is 71.8 Å². The Morgan fingerprint density at radius 1 is 1.15 bits per heavy atom. The van der Waals surface area contributed by atoms with Crippen LogP contribution >= 0.6 is 0 Å². The average molecular weight is 353 g/mol. The van der Waals surface area contributed by atoms with Gasteiger partial charge in [0.25, 0.3) is 0 Å². The van der Waals surface area contributed by atoms with Crippen LogP contribution in [0.2, 0.25) is 0 Å². The van der Waals surface area contributed by atoms with Gasteiger partial charge in [-0.05, 0) is 65.8 Å². The van der Waals surface area contributed by atoms with E-state index in [4.69, 9.17) is 4.98 Å². The molecule has 1 aliphatic carbocycles. The van der Waals surface area contributed by atoms with Crippen molar-refractivity contribution in [3.05, 3.63) is 18.3 Å². The molecule has 1 aromatic carbocycles. The summed E-state index contributed by atoms with van der Waals surface area (Å²) in [6.07, 6.45) is 6.63. The summed E-state index contributed by atoms with van der Waals surface area (Å²) in [7, 11) is 4.34. The third-order valence-electron chi connectivity index (χ3n) is 5.43. The first-order chi connectivity index (χ1) is 12.5. The molecule has 0 aliphatic heterocycles. The minimum absolute atomic E-state index is 0.235. The van der Waals surface area contributed by atoms with E-state index in [9.17, 15) is 0 Å². The van der Waals surface area contributed by atoms with E-state index in [2.05, 4.69) is 53.5 Å². The van der Waals surface area contributed by atoms with Crippen LogP contribution in [0.1, 0.15) is 45.6 Å². The van der Waals surface area contributed by atoms with Crippen molar-refractivity contribution < 1.29 is 0 Å². The third kappa shape index (κ3) is 3.11. The molecule has 3 aromatic rings. The van der Waals surface area contributed by atoms with Gasteiger partial charge < -0.3 is 10.2 Å². The van der Waals surface area contributed by atoms with E-state index in [1.807, 2.05) is 23.0 Å². The fraction of sp³-hybridized carbons (Fsp3) is 0.579. The van der Waals surface area contributed by atoms with E-state index >= 15 is 0 Å². The highest BCUT2D eigenvalue weighted by Gasteiger charge is 2.23. The van der Waals surface area contributed by atoms with Gasteiger partial charge in [-0.3, -0.25) is 0 Å². The molecule has 1 aliphatic rings. The minimum atomic E-state index is 0.235. The van der Waals surface area contributed by atoms with E-state index < -0.39 is 0 Å². The third-order valence-corrected chi connectivity index (χ3v) is 5.43. The van der Waals surface area contributed by atoms with Gasteiger partial charge in [0.05, 0.1) is 0 Å². The Morgan fingerprint density at radius 2 is 1.92 bits per heavy atom. The average Bonchev–Trinajstić information content (AvgIpc) is 3.07. The Morgan fingerprint density at radius 3 is 2.62 bits per heavy atom. The molecule has 0 radical (unpaired) electrons. The molecule has 4 rings (SSSR count). The van der Waals surface area contributed by atoms with Crippen LogP contribution in [0.15, 0.2) is 18.3 Å². The molecule has 7 heteroatoms. The molecule has 0 saturated heterocycles. The molecule has 0 unspecified atom stereocenters. The van der Waals surface area contributed by atoms with Gasteiger partial charge in [0.15, 0.2) is 0 Å². The Bertz CT molecular complexity index is 907. The lowest BCUT2D eigenvalue weighted by atomic mass is 9.91. The van der Waals surface area contributed by atoms with Gasteiger partial charge in [0, 0.05) is 29.7 Å². The maximum Gasteiger partial charge on any atom is 0.223 e. The first-order valence-corrected chi connectivity index (χ1v) is 9.46. The van der Waals surface area contributed by atoms with Crippen molar-refractivity contribution in [2.24, 2.45) is 0 Å². The SMILES string of the molecule is CC(C)n1nnc2ccc3cnc(N[C@H]4CC[C@H](N(C)C)CC4)nc3c21. The number of nitrogens with one attached hydrogen (secondary N) is 1. The highest BCUT2D eigenvalue weighted by molar-refractivity contribution is 6.01. The zero-order chi connectivity index (χ0) is 18.3. The lowest BCUT2D eigenvalue weighted by Gasteiger charge is -2.32. The number of nitrogens with zero attached hydrogens (tertiary/aromatic N) is 6. The van der Waals surface area contributed by atoms with Gasteiger partial charge in [-0.1, -0.05) is 5.21 Å². The Labute approximate surface area is 153 Å². The van der Waals surface area contributed by atoms with E-state index in [0.29, 0.717) is 18.0 Å². The quantitative estimate of drug-likeness (QED) is 0.776. The molecule has 0 spiro atoms. The van der Waals surface area contributed by atoms with Crippen molar-refractivity contribution in [2.75, 3.05) is 19.4 Å². The van der Waals surface area contributed by atoms with Gasteiger partial charge in [-0.2, -0.15) is 0 Å². The van der Waals surface area contributed by atoms with Crippen molar-refractivity contribution in [3.63, 3.8) is 0 Å². The van der Waals surface area contributed by atoms with Crippen LogP contribution in [-0.4, -0.2) is 56.0 Å². The predicted octanol–water partition coefficient (Wildman–Crippen LogP) is 3.24. The Hall–Kier alpha value is -2.28. The first-order valence-electron chi connectivity index (χ1n) is 9.46. The number of hydrogen-bond donors (Lipinski definition) is 1. The molecule has 2 heterocycles. The summed E-state index contributed by atoms with van der Waals surface area (Å²) < 4.78 is 1.94. The minimum Gasteiger partial charge on any atom is -0.351 e. The number of fused-ring (bicyclic) bond motifs is 3. The molecule has 0 bridgehead atoms. The van der Waals surface area contributed by atoms with E-state index in [-0.39, 0.29) is 6.04 Å². The molecule has 1 N–H and O–H groups in total. The smallest absolute Gasteiger partial charge is 0.223 e. The summed E-state index contributed by atoms with van der Waals surface area (Å²) in [5.41, 5.74) is 2.78. The van der Waals surface area contributed by atoms with Crippen molar-refractivity contribution in [2.45, 2.75) is 57.7 Å². The normalized spacial score (nSPS) is 21.2. The molecule has 0 atom stereocenters. The molecular formula is C19H27N7. The van der Waals surface area contributed by atoms with Crippen LogP contribution in [0, 0.1) is 0 Å². The number of rotatable bonds is 4.